The van der Waals surface area contributed by atoms with E-state index in [4.69, 9.17) is 9.47 Å². The molecule has 1 atom stereocenters. The van der Waals surface area contributed by atoms with Crippen LogP contribution in [0.2, 0.25) is 0 Å². The fraction of sp³-hybridized carbons (Fsp3) is 0.227. The largest absolute Gasteiger partial charge is 0.454 e. The molecule has 2 aromatic carbocycles. The summed E-state index contributed by atoms with van der Waals surface area (Å²) >= 11 is 1.68. The lowest BCUT2D eigenvalue weighted by molar-refractivity contribution is -0.120. The number of amides is 1. The van der Waals surface area contributed by atoms with Gasteiger partial charge in [-0.3, -0.25) is 10.1 Å². The maximum atomic E-state index is 12.4. The van der Waals surface area contributed by atoms with Gasteiger partial charge in [0, 0.05) is 11.4 Å². The van der Waals surface area contributed by atoms with Crippen LogP contribution in [-0.4, -0.2) is 19.2 Å². The van der Waals surface area contributed by atoms with Crippen molar-refractivity contribution in [2.75, 3.05) is 13.3 Å². The van der Waals surface area contributed by atoms with Gasteiger partial charge >= 0.3 is 0 Å². The smallest absolute Gasteiger partial charge is 0.234 e. The van der Waals surface area contributed by atoms with Crippen LogP contribution >= 0.6 is 11.3 Å². The van der Waals surface area contributed by atoms with E-state index >= 15 is 0 Å². The third-order valence-electron chi connectivity index (χ3n) is 4.63. The van der Waals surface area contributed by atoms with Crippen molar-refractivity contribution in [2.24, 2.45) is 0 Å². The van der Waals surface area contributed by atoms with Crippen molar-refractivity contribution in [3.63, 3.8) is 0 Å². The van der Waals surface area contributed by atoms with Crippen LogP contribution in [0, 0.1) is 6.92 Å². The second kappa shape index (κ2) is 8.46. The zero-order chi connectivity index (χ0) is 19.3. The Balaban J connectivity index is 1.35. The van der Waals surface area contributed by atoms with Gasteiger partial charge in [0.15, 0.2) is 11.5 Å². The second-order valence-electron chi connectivity index (χ2n) is 6.70. The molecule has 2 heterocycles. The van der Waals surface area contributed by atoms with Gasteiger partial charge in [-0.25, -0.2) is 0 Å². The Labute approximate surface area is 168 Å². The van der Waals surface area contributed by atoms with Gasteiger partial charge < -0.3 is 14.8 Å². The van der Waals surface area contributed by atoms with E-state index in [0.717, 1.165) is 22.6 Å². The number of thiophene rings is 1. The monoisotopic (exact) mass is 394 g/mol. The van der Waals surface area contributed by atoms with Gasteiger partial charge in [0.2, 0.25) is 12.7 Å². The molecule has 0 spiro atoms. The van der Waals surface area contributed by atoms with Crippen molar-refractivity contribution in [3.8, 4) is 11.5 Å². The molecule has 0 fully saturated rings. The van der Waals surface area contributed by atoms with Crippen LogP contribution in [0.1, 0.15) is 27.6 Å². The number of fused-ring (bicyclic) bond motifs is 1. The fourth-order valence-electron chi connectivity index (χ4n) is 3.11. The zero-order valence-corrected chi connectivity index (χ0v) is 16.4. The van der Waals surface area contributed by atoms with E-state index in [1.165, 1.54) is 10.4 Å². The summed E-state index contributed by atoms with van der Waals surface area (Å²) in [5.74, 6) is 1.42. The molecule has 0 bridgehead atoms. The molecule has 5 nitrogen and oxygen atoms in total. The topological polar surface area (TPSA) is 59.6 Å². The lowest BCUT2D eigenvalue weighted by Gasteiger charge is -2.18. The van der Waals surface area contributed by atoms with Crippen LogP contribution in [0.25, 0.3) is 0 Å². The highest BCUT2D eigenvalue weighted by Crippen LogP contribution is 2.32. The lowest BCUT2D eigenvalue weighted by Crippen LogP contribution is -2.35. The number of nitrogens with one attached hydrogen (secondary N) is 2. The highest BCUT2D eigenvalue weighted by atomic mass is 32.1. The summed E-state index contributed by atoms with van der Waals surface area (Å²) in [7, 11) is 0. The van der Waals surface area contributed by atoms with Crippen LogP contribution in [0.3, 0.4) is 0 Å². The summed E-state index contributed by atoms with van der Waals surface area (Å²) in [6, 6.07) is 18.2. The maximum Gasteiger partial charge on any atom is 0.234 e. The Bertz CT molecular complexity index is 939. The average molecular weight is 394 g/mol. The van der Waals surface area contributed by atoms with Crippen LogP contribution in [0.5, 0.6) is 11.5 Å². The molecule has 1 aromatic heterocycles. The van der Waals surface area contributed by atoms with Gasteiger partial charge in [-0.1, -0.05) is 42.0 Å². The molecule has 0 unspecified atom stereocenters. The molecule has 4 rings (SSSR count). The summed E-state index contributed by atoms with van der Waals surface area (Å²) < 4.78 is 10.7. The van der Waals surface area contributed by atoms with E-state index in [2.05, 4.69) is 53.3 Å². The highest BCUT2D eigenvalue weighted by molar-refractivity contribution is 7.10. The molecular formula is C22H22N2O3S. The summed E-state index contributed by atoms with van der Waals surface area (Å²) in [6.45, 7) is 3.01. The van der Waals surface area contributed by atoms with E-state index < -0.39 is 0 Å². The first kappa shape index (κ1) is 18.5. The molecule has 1 aliphatic heterocycles. The van der Waals surface area contributed by atoms with Gasteiger partial charge in [0.1, 0.15) is 0 Å². The molecule has 0 aliphatic carbocycles. The van der Waals surface area contributed by atoms with Crippen LogP contribution < -0.4 is 20.1 Å². The Morgan fingerprint density at radius 1 is 1.11 bits per heavy atom. The van der Waals surface area contributed by atoms with E-state index in [9.17, 15) is 4.79 Å². The molecule has 3 aromatic rings. The molecule has 0 saturated heterocycles. The molecule has 28 heavy (non-hydrogen) atoms. The molecule has 1 amide bonds. The standard InChI is InChI=1S/C22H22N2O3S/c1-15-4-7-17(8-5-15)22(20-3-2-10-28-20)24-13-21(25)23-12-16-6-9-18-19(11-16)27-14-26-18/h2-11,22,24H,12-14H2,1H3,(H,23,25)/t22-/m0/s1. The highest BCUT2D eigenvalue weighted by Gasteiger charge is 2.17. The Morgan fingerprint density at radius 2 is 1.93 bits per heavy atom. The molecule has 0 radical (unpaired) electrons. The molecule has 2 N–H and O–H groups in total. The normalized spacial score (nSPS) is 13.3. The van der Waals surface area contributed by atoms with Gasteiger partial charge in [0.05, 0.1) is 12.6 Å². The van der Waals surface area contributed by atoms with Crippen molar-refractivity contribution in [1.29, 1.82) is 0 Å². The van der Waals surface area contributed by atoms with E-state index in [0.29, 0.717) is 6.54 Å². The van der Waals surface area contributed by atoms with Gasteiger partial charge in [-0.2, -0.15) is 0 Å². The first-order chi connectivity index (χ1) is 13.7. The van der Waals surface area contributed by atoms with Crippen molar-refractivity contribution in [1.82, 2.24) is 10.6 Å². The third-order valence-corrected chi connectivity index (χ3v) is 5.57. The second-order valence-corrected chi connectivity index (χ2v) is 7.68. The van der Waals surface area contributed by atoms with Crippen molar-refractivity contribution in [2.45, 2.75) is 19.5 Å². The minimum absolute atomic E-state index is 0.00288. The maximum absolute atomic E-state index is 12.4. The van der Waals surface area contributed by atoms with E-state index in [-0.39, 0.29) is 25.3 Å². The average Bonchev–Trinajstić information content (AvgIpc) is 3.39. The summed E-state index contributed by atoms with van der Waals surface area (Å²) in [5.41, 5.74) is 3.35. The van der Waals surface area contributed by atoms with Crippen molar-refractivity contribution >= 4 is 17.2 Å². The Kier molecular flexibility index (Phi) is 5.60. The summed E-state index contributed by atoms with van der Waals surface area (Å²) in [5, 5.41) is 8.40. The summed E-state index contributed by atoms with van der Waals surface area (Å²) in [6.07, 6.45) is 0. The van der Waals surface area contributed by atoms with Crippen LogP contribution in [0.4, 0.5) is 0 Å². The van der Waals surface area contributed by atoms with Crippen molar-refractivity contribution < 1.29 is 14.3 Å². The number of rotatable bonds is 7. The number of benzene rings is 2. The Hall–Kier alpha value is -2.83. The SMILES string of the molecule is Cc1ccc([C@H](NCC(=O)NCc2ccc3c(c2)OCO3)c2cccs2)cc1. The lowest BCUT2D eigenvalue weighted by atomic mass is 10.0. The molecule has 144 valence electrons. The van der Waals surface area contributed by atoms with Gasteiger partial charge in [-0.05, 0) is 41.6 Å². The first-order valence-electron chi connectivity index (χ1n) is 9.17. The molecular weight excluding hydrogens is 372 g/mol. The third kappa shape index (κ3) is 4.35. The predicted molar refractivity (Wildman–Crippen MR) is 110 cm³/mol. The molecule has 6 heteroatoms. The minimum atomic E-state index is -0.0497. The number of hydrogen-bond acceptors (Lipinski definition) is 5. The number of aryl methyl sites for hydroxylation is 1. The van der Waals surface area contributed by atoms with Gasteiger partial charge in [0.25, 0.3) is 0 Å². The number of carbonyl (C=O) groups excluding carboxylic acids is 1. The van der Waals surface area contributed by atoms with Crippen LogP contribution in [0.15, 0.2) is 60.0 Å². The molecule has 1 aliphatic rings. The van der Waals surface area contributed by atoms with Crippen molar-refractivity contribution in [3.05, 3.63) is 81.5 Å². The van der Waals surface area contributed by atoms with E-state index in [1.54, 1.807) is 11.3 Å². The first-order valence-corrected chi connectivity index (χ1v) is 10.1. The Morgan fingerprint density at radius 3 is 2.71 bits per heavy atom. The van der Waals surface area contributed by atoms with Crippen LogP contribution in [-0.2, 0) is 11.3 Å². The number of carbonyl (C=O) groups is 1. The number of ether oxygens (including phenoxy) is 2. The fourth-order valence-corrected chi connectivity index (χ4v) is 3.93. The quantitative estimate of drug-likeness (QED) is 0.640. The summed E-state index contributed by atoms with van der Waals surface area (Å²) in [4.78, 5) is 13.6. The number of hydrogen-bond donors (Lipinski definition) is 2. The predicted octanol–water partition coefficient (Wildman–Crippen LogP) is 3.78. The minimum Gasteiger partial charge on any atom is -0.454 e. The zero-order valence-electron chi connectivity index (χ0n) is 15.6. The molecule has 0 saturated carbocycles. The van der Waals surface area contributed by atoms with E-state index in [1.807, 2.05) is 24.3 Å². The van der Waals surface area contributed by atoms with Gasteiger partial charge in [-0.15, -0.1) is 11.3 Å².